The second kappa shape index (κ2) is 8.43. The van der Waals surface area contributed by atoms with Crippen molar-refractivity contribution in [3.05, 3.63) is 48.0 Å². The average Bonchev–Trinajstić information content (AvgIpc) is 2.58. The molecule has 0 saturated carbocycles. The third-order valence-electron chi connectivity index (χ3n) is 3.14. The number of hydrogen-bond acceptors (Lipinski definition) is 6. The van der Waals surface area contributed by atoms with Crippen molar-refractivity contribution in [3.63, 3.8) is 0 Å². The van der Waals surface area contributed by atoms with Crippen molar-refractivity contribution >= 4 is 12.6 Å². The molecule has 0 aromatic heterocycles. The van der Waals surface area contributed by atoms with Gasteiger partial charge >= 0.3 is 7.12 Å². The molecule has 0 bridgehead atoms. The van der Waals surface area contributed by atoms with Crippen molar-refractivity contribution in [2.45, 2.75) is 6.61 Å². The minimum atomic E-state index is -1.70. The largest absolute Gasteiger partial charge is 0.493 e. The molecule has 0 aliphatic carbocycles. The number of methoxy groups -OCH3 is 2. The zero-order chi connectivity index (χ0) is 16.7. The van der Waals surface area contributed by atoms with E-state index in [-0.39, 0.29) is 18.0 Å². The van der Waals surface area contributed by atoms with Crippen LogP contribution in [0.3, 0.4) is 0 Å². The summed E-state index contributed by atoms with van der Waals surface area (Å²) in [7, 11) is 1.26. The smallest absolute Gasteiger partial charge is 0.492 e. The zero-order valence-corrected chi connectivity index (χ0v) is 13.1. The van der Waals surface area contributed by atoms with Gasteiger partial charge in [-0.2, -0.15) is 0 Å². The lowest BCUT2D eigenvalue weighted by Crippen LogP contribution is -2.32. The average molecular weight is 318 g/mol. The van der Waals surface area contributed by atoms with Crippen LogP contribution >= 0.6 is 0 Å². The first-order chi connectivity index (χ1) is 11.2. The standard InChI is InChI=1S/C16H19BO6/c1-20-11-23-14-9-16(15(21-2)8-13(14)17(18)19)22-10-12-6-4-3-5-7-12/h3-9,18-19H,10-11H2,1-2H3. The van der Waals surface area contributed by atoms with Crippen molar-refractivity contribution in [2.75, 3.05) is 21.0 Å². The van der Waals surface area contributed by atoms with E-state index in [1.54, 1.807) is 6.07 Å². The summed E-state index contributed by atoms with van der Waals surface area (Å²) in [5.41, 5.74) is 1.17. The lowest BCUT2D eigenvalue weighted by Gasteiger charge is -2.16. The van der Waals surface area contributed by atoms with E-state index in [4.69, 9.17) is 18.9 Å². The number of rotatable bonds is 8. The molecule has 0 heterocycles. The van der Waals surface area contributed by atoms with Gasteiger partial charge < -0.3 is 29.0 Å². The van der Waals surface area contributed by atoms with E-state index in [1.807, 2.05) is 30.3 Å². The van der Waals surface area contributed by atoms with Gasteiger partial charge in [0.25, 0.3) is 0 Å². The molecule has 0 spiro atoms. The fourth-order valence-electron chi connectivity index (χ4n) is 2.01. The molecule has 0 saturated heterocycles. The Morgan fingerprint density at radius 2 is 1.65 bits per heavy atom. The van der Waals surface area contributed by atoms with E-state index in [1.165, 1.54) is 20.3 Å². The molecule has 2 aromatic carbocycles. The van der Waals surface area contributed by atoms with Crippen LogP contribution in [-0.2, 0) is 11.3 Å². The lowest BCUT2D eigenvalue weighted by atomic mass is 9.79. The Hall–Kier alpha value is -2.22. The van der Waals surface area contributed by atoms with Crippen LogP contribution in [0, 0.1) is 0 Å². The third-order valence-corrected chi connectivity index (χ3v) is 3.14. The van der Waals surface area contributed by atoms with Crippen LogP contribution in [0.15, 0.2) is 42.5 Å². The molecule has 7 heteroatoms. The van der Waals surface area contributed by atoms with Crippen LogP contribution in [0.25, 0.3) is 0 Å². The van der Waals surface area contributed by atoms with Gasteiger partial charge in [-0.25, -0.2) is 0 Å². The Morgan fingerprint density at radius 3 is 2.26 bits per heavy atom. The second-order valence-electron chi connectivity index (χ2n) is 4.74. The van der Waals surface area contributed by atoms with Crippen molar-refractivity contribution < 1.29 is 29.0 Å². The van der Waals surface area contributed by atoms with Gasteiger partial charge in [-0.3, -0.25) is 0 Å². The molecule has 0 atom stereocenters. The van der Waals surface area contributed by atoms with Gasteiger partial charge in [0.15, 0.2) is 18.3 Å². The van der Waals surface area contributed by atoms with Crippen LogP contribution < -0.4 is 19.7 Å². The molecule has 122 valence electrons. The Balaban J connectivity index is 2.25. The first-order valence-corrected chi connectivity index (χ1v) is 7.02. The molecule has 6 nitrogen and oxygen atoms in total. The predicted octanol–water partition coefficient (Wildman–Crippen LogP) is 0.937. The number of ether oxygens (including phenoxy) is 4. The van der Waals surface area contributed by atoms with Crippen molar-refractivity contribution in [1.82, 2.24) is 0 Å². The van der Waals surface area contributed by atoms with Crippen molar-refractivity contribution in [2.24, 2.45) is 0 Å². The summed E-state index contributed by atoms with van der Waals surface area (Å²) in [6.07, 6.45) is 0. The fraction of sp³-hybridized carbons (Fsp3) is 0.250. The SMILES string of the molecule is COCOc1cc(OCc2ccccc2)c(OC)cc1B(O)O. The molecule has 0 radical (unpaired) electrons. The summed E-state index contributed by atoms with van der Waals surface area (Å²) in [5, 5.41) is 18.9. The topological polar surface area (TPSA) is 77.4 Å². The van der Waals surface area contributed by atoms with E-state index >= 15 is 0 Å². The van der Waals surface area contributed by atoms with E-state index < -0.39 is 7.12 Å². The summed E-state index contributed by atoms with van der Waals surface area (Å²) in [6.45, 7) is 0.326. The summed E-state index contributed by atoms with van der Waals surface area (Å²) in [6, 6.07) is 12.7. The summed E-state index contributed by atoms with van der Waals surface area (Å²) in [4.78, 5) is 0. The Morgan fingerprint density at radius 1 is 0.913 bits per heavy atom. The molecule has 0 unspecified atom stereocenters. The molecule has 2 rings (SSSR count). The normalized spacial score (nSPS) is 10.3. The van der Waals surface area contributed by atoms with E-state index in [9.17, 15) is 10.0 Å². The summed E-state index contributed by atoms with van der Waals surface area (Å²) in [5.74, 6) is 1.08. The highest BCUT2D eigenvalue weighted by atomic mass is 16.7. The summed E-state index contributed by atoms with van der Waals surface area (Å²) >= 11 is 0. The van der Waals surface area contributed by atoms with E-state index in [0.717, 1.165) is 5.56 Å². The maximum atomic E-state index is 9.46. The molecule has 23 heavy (non-hydrogen) atoms. The zero-order valence-electron chi connectivity index (χ0n) is 13.1. The van der Waals surface area contributed by atoms with Crippen LogP contribution in [0.5, 0.6) is 17.2 Å². The maximum absolute atomic E-state index is 9.46. The number of benzene rings is 2. The summed E-state index contributed by atoms with van der Waals surface area (Å²) < 4.78 is 21.2. The molecule has 2 N–H and O–H groups in total. The first-order valence-electron chi connectivity index (χ1n) is 7.02. The van der Waals surface area contributed by atoms with Crippen molar-refractivity contribution in [1.29, 1.82) is 0 Å². The van der Waals surface area contributed by atoms with E-state index in [0.29, 0.717) is 18.1 Å². The molecule has 0 aliphatic heterocycles. The predicted molar refractivity (Wildman–Crippen MR) is 86.1 cm³/mol. The monoisotopic (exact) mass is 318 g/mol. The highest BCUT2D eigenvalue weighted by molar-refractivity contribution is 6.59. The molecule has 0 fully saturated rings. The molecule has 0 aliphatic rings. The van der Waals surface area contributed by atoms with Gasteiger partial charge in [-0.15, -0.1) is 0 Å². The molecule has 0 amide bonds. The minimum absolute atomic E-state index is 0.0236. The first kappa shape index (κ1) is 17.1. The van der Waals surface area contributed by atoms with Crippen LogP contribution in [0.2, 0.25) is 0 Å². The third kappa shape index (κ3) is 4.62. The van der Waals surface area contributed by atoms with Gasteiger partial charge in [0.2, 0.25) is 0 Å². The molecular weight excluding hydrogens is 299 g/mol. The van der Waals surface area contributed by atoms with Crippen molar-refractivity contribution in [3.8, 4) is 17.2 Å². The highest BCUT2D eigenvalue weighted by Gasteiger charge is 2.21. The minimum Gasteiger partial charge on any atom is -0.493 e. The Labute approximate surface area is 135 Å². The van der Waals surface area contributed by atoms with Gasteiger partial charge in [0.05, 0.1) is 7.11 Å². The molecular formula is C16H19BO6. The van der Waals surface area contributed by atoms with Crippen LogP contribution in [0.1, 0.15) is 5.56 Å². The maximum Gasteiger partial charge on any atom is 0.492 e. The van der Waals surface area contributed by atoms with Gasteiger partial charge in [0.1, 0.15) is 12.4 Å². The second-order valence-corrected chi connectivity index (χ2v) is 4.74. The van der Waals surface area contributed by atoms with Gasteiger partial charge in [0, 0.05) is 18.6 Å². The van der Waals surface area contributed by atoms with Gasteiger partial charge in [-0.05, 0) is 11.6 Å². The lowest BCUT2D eigenvalue weighted by molar-refractivity contribution is 0.0514. The molecule has 2 aromatic rings. The fourth-order valence-corrected chi connectivity index (χ4v) is 2.01. The van der Waals surface area contributed by atoms with Gasteiger partial charge in [-0.1, -0.05) is 30.3 Å². The van der Waals surface area contributed by atoms with Crippen LogP contribution in [-0.4, -0.2) is 38.2 Å². The van der Waals surface area contributed by atoms with E-state index in [2.05, 4.69) is 0 Å². The Kier molecular flexibility index (Phi) is 6.28. The highest BCUT2D eigenvalue weighted by Crippen LogP contribution is 2.31. The Bertz CT molecular complexity index is 617. The van der Waals surface area contributed by atoms with Crippen LogP contribution in [0.4, 0.5) is 0 Å². The number of hydrogen-bond donors (Lipinski definition) is 2. The quantitative estimate of drug-likeness (QED) is 0.557.